The molecule has 0 radical (unpaired) electrons. The molecule has 0 saturated carbocycles. The number of aryl methyl sites for hydroxylation is 1. The van der Waals surface area contributed by atoms with Gasteiger partial charge in [0.15, 0.2) is 5.82 Å². The number of halogens is 3. The molecule has 1 fully saturated rings. The number of piperazine rings is 1. The van der Waals surface area contributed by atoms with E-state index in [0.717, 1.165) is 43.1 Å². The van der Waals surface area contributed by atoms with Crippen molar-refractivity contribution in [3.05, 3.63) is 62.2 Å². The van der Waals surface area contributed by atoms with Crippen LogP contribution >= 0.6 is 39.1 Å². The van der Waals surface area contributed by atoms with E-state index in [1.165, 1.54) is 4.90 Å². The van der Waals surface area contributed by atoms with Crippen molar-refractivity contribution < 1.29 is 4.79 Å². The summed E-state index contributed by atoms with van der Waals surface area (Å²) in [4.78, 5) is 35.5. The summed E-state index contributed by atoms with van der Waals surface area (Å²) in [5.41, 5.74) is 3.84. The highest BCUT2D eigenvalue weighted by Crippen LogP contribution is 2.40. The molecule has 3 aromatic rings. The molecule has 0 spiro atoms. The number of para-hydroxylation sites is 1. The molecule has 3 aliphatic heterocycles. The van der Waals surface area contributed by atoms with Gasteiger partial charge in [-0.15, -0.1) is 0 Å². The highest BCUT2D eigenvalue weighted by molar-refractivity contribution is 9.10. The lowest BCUT2D eigenvalue weighted by Crippen LogP contribution is -2.51. The van der Waals surface area contributed by atoms with E-state index in [1.54, 1.807) is 12.3 Å². The molecule has 6 rings (SSSR count). The normalized spacial score (nSPS) is 17.4. The number of amides is 1. The number of aliphatic imine (C=N–C) groups is 1. The second-order valence-electron chi connectivity index (χ2n) is 9.51. The van der Waals surface area contributed by atoms with E-state index in [-0.39, 0.29) is 5.91 Å². The van der Waals surface area contributed by atoms with Crippen LogP contribution in [0.3, 0.4) is 0 Å². The van der Waals surface area contributed by atoms with Crippen LogP contribution in [0.1, 0.15) is 15.9 Å². The molecule has 0 atom stereocenters. The Hall–Kier alpha value is -2.92. The average molecular weight is 616 g/mol. The molecule has 12 heteroatoms. The number of hydrogen-bond donors (Lipinski definition) is 1. The van der Waals surface area contributed by atoms with E-state index >= 15 is 0 Å². The van der Waals surface area contributed by atoms with Crippen molar-refractivity contribution in [3.63, 3.8) is 0 Å². The molecule has 38 heavy (non-hydrogen) atoms. The third-order valence-electron chi connectivity index (χ3n) is 6.97. The van der Waals surface area contributed by atoms with Crippen molar-refractivity contribution >= 4 is 79.8 Å². The molecule has 4 heterocycles. The first-order valence-corrected chi connectivity index (χ1v) is 13.8. The Morgan fingerprint density at radius 1 is 1.03 bits per heavy atom. The fourth-order valence-electron chi connectivity index (χ4n) is 5.10. The second-order valence-corrected chi connectivity index (χ2v) is 11.2. The first-order valence-electron chi connectivity index (χ1n) is 12.3. The first-order chi connectivity index (χ1) is 18.3. The van der Waals surface area contributed by atoms with Crippen molar-refractivity contribution in [1.82, 2.24) is 14.9 Å². The Kier molecular flexibility index (Phi) is 6.67. The summed E-state index contributed by atoms with van der Waals surface area (Å²) in [6, 6.07) is 9.35. The molecule has 1 aromatic heterocycles. The molecule has 1 N–H and O–H groups in total. The van der Waals surface area contributed by atoms with Crippen LogP contribution in [0, 0.1) is 6.92 Å². The molecular formula is C26H25BrCl2N8O. The summed E-state index contributed by atoms with van der Waals surface area (Å²) < 4.78 is 0.697. The maximum Gasteiger partial charge on any atom is 0.270 e. The smallest absolute Gasteiger partial charge is 0.270 e. The van der Waals surface area contributed by atoms with Crippen molar-refractivity contribution in [1.29, 1.82) is 0 Å². The first kappa shape index (κ1) is 25.4. The minimum Gasteiger partial charge on any atom is -0.368 e. The van der Waals surface area contributed by atoms with Crippen molar-refractivity contribution in [3.8, 4) is 0 Å². The second kappa shape index (κ2) is 10.00. The number of nitrogens with zero attached hydrogens (tertiary/aromatic N) is 7. The summed E-state index contributed by atoms with van der Waals surface area (Å²) >= 11 is 16.8. The van der Waals surface area contributed by atoms with Gasteiger partial charge in [-0.25, -0.2) is 9.88 Å². The minimum absolute atomic E-state index is 0.285. The highest BCUT2D eigenvalue weighted by atomic mass is 79.9. The molecule has 1 amide bonds. The maximum atomic E-state index is 13.6. The maximum absolute atomic E-state index is 13.6. The van der Waals surface area contributed by atoms with Crippen LogP contribution < -0.4 is 20.0 Å². The number of benzene rings is 2. The van der Waals surface area contributed by atoms with Gasteiger partial charge in [-0.1, -0.05) is 29.3 Å². The average Bonchev–Trinajstić information content (AvgIpc) is 3.36. The van der Waals surface area contributed by atoms with Crippen LogP contribution in [-0.2, 0) is 0 Å². The van der Waals surface area contributed by atoms with E-state index < -0.39 is 0 Å². The van der Waals surface area contributed by atoms with Crippen LogP contribution in [0.4, 0.5) is 28.8 Å². The van der Waals surface area contributed by atoms with Gasteiger partial charge in [0.25, 0.3) is 5.91 Å². The Bertz CT molecular complexity index is 1430. The number of anilines is 5. The van der Waals surface area contributed by atoms with E-state index in [2.05, 4.69) is 55.0 Å². The largest absolute Gasteiger partial charge is 0.368 e. The predicted molar refractivity (Wildman–Crippen MR) is 157 cm³/mol. The third kappa shape index (κ3) is 4.39. The van der Waals surface area contributed by atoms with E-state index in [9.17, 15) is 4.79 Å². The molecule has 0 unspecified atom stereocenters. The molecule has 2 aromatic carbocycles. The zero-order valence-corrected chi connectivity index (χ0v) is 24.0. The van der Waals surface area contributed by atoms with Gasteiger partial charge in [0.05, 0.1) is 28.0 Å². The van der Waals surface area contributed by atoms with Gasteiger partial charge in [-0.3, -0.25) is 14.7 Å². The molecule has 3 aliphatic rings. The number of guanidine groups is 1. The predicted octanol–water partition coefficient (Wildman–Crippen LogP) is 5.19. The molecule has 9 nitrogen and oxygen atoms in total. The summed E-state index contributed by atoms with van der Waals surface area (Å²) in [5.74, 6) is 1.10. The summed E-state index contributed by atoms with van der Waals surface area (Å²) in [7, 11) is 2.13. The van der Waals surface area contributed by atoms with Crippen molar-refractivity contribution in [2.45, 2.75) is 6.92 Å². The van der Waals surface area contributed by atoms with E-state index in [4.69, 9.17) is 28.2 Å². The zero-order valence-electron chi connectivity index (χ0n) is 20.9. The third-order valence-corrected chi connectivity index (χ3v) is 8.20. The lowest BCUT2D eigenvalue weighted by Gasteiger charge is -2.35. The lowest BCUT2D eigenvalue weighted by molar-refractivity contribution is 0.0999. The van der Waals surface area contributed by atoms with Gasteiger partial charge in [0.1, 0.15) is 5.56 Å². The molecule has 0 bridgehead atoms. The van der Waals surface area contributed by atoms with Crippen LogP contribution in [-0.4, -0.2) is 73.1 Å². The fraction of sp³-hybridized carbons (Fsp3) is 0.308. The van der Waals surface area contributed by atoms with Crippen LogP contribution in [0.5, 0.6) is 0 Å². The van der Waals surface area contributed by atoms with Gasteiger partial charge >= 0.3 is 0 Å². The van der Waals surface area contributed by atoms with Crippen LogP contribution in [0.25, 0.3) is 0 Å². The Labute approximate surface area is 239 Å². The molecule has 0 aliphatic carbocycles. The topological polar surface area (TPSA) is 80.2 Å². The number of hydrogen-bond acceptors (Lipinski definition) is 8. The number of nitrogens with one attached hydrogen (secondary N) is 1. The van der Waals surface area contributed by atoms with Gasteiger partial charge in [0.2, 0.25) is 11.9 Å². The number of aromatic nitrogens is 2. The molecular weight excluding hydrogens is 591 g/mol. The van der Waals surface area contributed by atoms with E-state index in [0.29, 0.717) is 56.6 Å². The molecule has 1 saturated heterocycles. The Balaban J connectivity index is 1.31. The number of rotatable bonds is 4. The number of fused-ring (bicyclic) bond motifs is 3. The van der Waals surface area contributed by atoms with Crippen LogP contribution in [0.15, 0.2) is 46.0 Å². The number of carbonyl (C=O) groups excluding carboxylic acids is 1. The lowest BCUT2D eigenvalue weighted by atomic mass is 10.1. The minimum atomic E-state index is -0.285. The monoisotopic (exact) mass is 614 g/mol. The summed E-state index contributed by atoms with van der Waals surface area (Å²) in [6.07, 6.45) is 1.55. The fourth-order valence-corrected chi connectivity index (χ4v) is 6.40. The van der Waals surface area contributed by atoms with Gasteiger partial charge in [-0.2, -0.15) is 4.98 Å². The summed E-state index contributed by atoms with van der Waals surface area (Å²) in [6.45, 7) is 7.07. The van der Waals surface area contributed by atoms with Gasteiger partial charge in [0, 0.05) is 49.1 Å². The number of likely N-dealkylation sites (N-methyl/N-ethyl adjacent to an activating group) is 1. The highest BCUT2D eigenvalue weighted by Gasteiger charge is 2.41. The zero-order chi connectivity index (χ0) is 26.6. The van der Waals surface area contributed by atoms with Crippen molar-refractivity contribution in [2.24, 2.45) is 4.99 Å². The van der Waals surface area contributed by atoms with Crippen molar-refractivity contribution in [2.75, 3.05) is 66.3 Å². The standard InChI is InChI=1S/C26H25BrCl2N8O/c1-15-12-16(13-20(29)21(15)35-10-8-34(2)9-11-35)32-25-31-14-17-23(33-25)36-7-6-30-26(36)37(24(17)38)22-18(27)4-3-5-19(22)28/h3-5,12-14H,6-11H2,1-2H3,(H,31,32,33). The Morgan fingerprint density at radius 2 is 1.82 bits per heavy atom. The van der Waals surface area contributed by atoms with E-state index in [1.807, 2.05) is 29.2 Å². The Morgan fingerprint density at radius 3 is 2.55 bits per heavy atom. The van der Waals surface area contributed by atoms with Crippen LogP contribution in [0.2, 0.25) is 10.0 Å². The molecule has 196 valence electrons. The SMILES string of the molecule is Cc1cc(Nc2ncc3c(n2)N2CCN=C2N(c2c(Cl)cccc2Br)C3=O)cc(Cl)c1N1CCN(C)CC1. The van der Waals surface area contributed by atoms with Gasteiger partial charge < -0.3 is 15.1 Å². The van der Waals surface area contributed by atoms with Gasteiger partial charge in [-0.05, 0) is 59.7 Å². The number of carbonyl (C=O) groups is 1. The summed E-state index contributed by atoms with van der Waals surface area (Å²) in [5, 5.41) is 4.40. The quantitative estimate of drug-likeness (QED) is 0.433.